The van der Waals surface area contributed by atoms with Crippen LogP contribution in [-0.2, 0) is 13.9 Å². The van der Waals surface area contributed by atoms with E-state index in [-0.39, 0.29) is 23.4 Å². The van der Waals surface area contributed by atoms with Crippen LogP contribution >= 0.6 is 8.46 Å². The SMILES string of the molecule is CC[C@H](C)C1OC(C)C(O[Si](C)(C)C(C)(C)C)[C@@H](C)[C@@H]1PBB=O. The van der Waals surface area contributed by atoms with Crippen LogP contribution in [0.15, 0.2) is 0 Å². The third-order valence-corrected chi connectivity index (χ3v) is 12.4. The van der Waals surface area contributed by atoms with Gasteiger partial charge in [-0.15, -0.1) is 0 Å². The molecule has 1 aliphatic rings. The van der Waals surface area contributed by atoms with Gasteiger partial charge in [-0.05, 0) is 0 Å². The van der Waals surface area contributed by atoms with Gasteiger partial charge >= 0.3 is 153 Å². The van der Waals surface area contributed by atoms with Crippen molar-refractivity contribution in [3.8, 4) is 0 Å². The molecule has 0 saturated carbocycles. The Morgan fingerprint density at radius 2 is 1.92 bits per heavy atom. The van der Waals surface area contributed by atoms with Crippen LogP contribution in [0.5, 0.6) is 0 Å². The molecule has 0 aromatic rings. The Balaban J connectivity index is 3.01. The van der Waals surface area contributed by atoms with E-state index in [1.807, 2.05) is 0 Å². The summed E-state index contributed by atoms with van der Waals surface area (Å²) in [7, 11) is -0.156. The second kappa shape index (κ2) is 8.93. The average molecular weight is 370 g/mol. The molecule has 1 heterocycles. The molecule has 1 aliphatic heterocycles. The first kappa shape index (κ1) is 22.5. The average Bonchev–Trinajstić information content (AvgIpc) is 2.48. The van der Waals surface area contributed by atoms with Gasteiger partial charge in [0.1, 0.15) is 0 Å². The second-order valence-corrected chi connectivity index (χ2v) is 15.2. The first-order chi connectivity index (χ1) is 11.0. The summed E-state index contributed by atoms with van der Waals surface area (Å²) in [6, 6.07) is 0. The van der Waals surface area contributed by atoms with Crippen molar-refractivity contribution in [2.75, 3.05) is 0 Å². The fourth-order valence-corrected chi connectivity index (χ4v) is 6.28. The quantitative estimate of drug-likeness (QED) is 0.498. The van der Waals surface area contributed by atoms with Crippen molar-refractivity contribution in [2.24, 2.45) is 11.8 Å². The van der Waals surface area contributed by atoms with E-state index >= 15 is 0 Å². The number of rotatable bonds is 7. The van der Waals surface area contributed by atoms with Gasteiger partial charge in [0.15, 0.2) is 0 Å². The van der Waals surface area contributed by atoms with E-state index in [1.165, 1.54) is 0 Å². The zero-order valence-electron chi connectivity index (χ0n) is 17.2. The normalized spacial score (nSPS) is 33.5. The van der Waals surface area contributed by atoms with Gasteiger partial charge in [-0.3, -0.25) is 0 Å². The van der Waals surface area contributed by atoms with Gasteiger partial charge in [0.25, 0.3) is 0 Å². The van der Waals surface area contributed by atoms with Gasteiger partial charge < -0.3 is 0 Å². The fourth-order valence-electron chi connectivity index (χ4n) is 3.27. The Labute approximate surface area is 153 Å². The molecule has 138 valence electrons. The first-order valence-electron chi connectivity index (χ1n) is 9.46. The van der Waals surface area contributed by atoms with Crippen LogP contribution in [-0.4, -0.2) is 46.2 Å². The predicted octanol–water partition coefficient (Wildman–Crippen LogP) is 4.21. The van der Waals surface area contributed by atoms with Crippen molar-refractivity contribution in [2.45, 2.75) is 97.0 Å². The Morgan fingerprint density at radius 3 is 2.38 bits per heavy atom. The van der Waals surface area contributed by atoms with E-state index in [2.05, 4.69) is 61.6 Å². The molecule has 0 aromatic carbocycles. The molecule has 7 heteroatoms. The van der Waals surface area contributed by atoms with Crippen molar-refractivity contribution in [3.05, 3.63) is 0 Å². The summed E-state index contributed by atoms with van der Waals surface area (Å²) < 4.78 is 24.2. The number of hydrogen-bond donors (Lipinski definition) is 0. The molecular formula is C17H37B2O3PSi. The number of ether oxygens (including phenoxy) is 1. The van der Waals surface area contributed by atoms with E-state index in [4.69, 9.17) is 9.16 Å². The van der Waals surface area contributed by atoms with Crippen LogP contribution in [0, 0.1) is 11.8 Å². The molecule has 0 bridgehead atoms. The molecule has 0 aromatic heterocycles. The molecule has 1 fully saturated rings. The van der Waals surface area contributed by atoms with E-state index in [0.717, 1.165) is 13.5 Å². The van der Waals surface area contributed by atoms with E-state index < -0.39 is 8.32 Å². The summed E-state index contributed by atoms with van der Waals surface area (Å²) in [5, 5.41) is 0.195. The van der Waals surface area contributed by atoms with Crippen LogP contribution in [0.4, 0.5) is 0 Å². The fraction of sp³-hybridized carbons (Fsp3) is 1.00. The Bertz CT molecular complexity index is 417. The summed E-state index contributed by atoms with van der Waals surface area (Å²) in [6.45, 7) is 21.1. The standard InChI is InChI=1S/C17H37B2O3PSi/c1-10-11(2)14-16(23-19-18-20)12(3)15(13(4)21-14)22-24(8,9)17(5,6)7/h11-16,19,23H,10H2,1-9H3/t11-,12+,13?,14?,15?,16-/m0/s1. The molecule has 4 unspecified atom stereocenters. The minimum absolute atomic E-state index is 0.116. The van der Waals surface area contributed by atoms with E-state index in [0.29, 0.717) is 32.8 Å². The Hall–Kier alpha value is 0.497. The maximum atomic E-state index is 10.9. The van der Waals surface area contributed by atoms with Gasteiger partial charge in [0.05, 0.1) is 0 Å². The van der Waals surface area contributed by atoms with Crippen LogP contribution in [0.1, 0.15) is 54.9 Å². The van der Waals surface area contributed by atoms with Crippen molar-refractivity contribution in [1.82, 2.24) is 0 Å². The summed E-state index contributed by atoms with van der Waals surface area (Å²) in [5.41, 5.74) is 0.427. The van der Waals surface area contributed by atoms with Crippen molar-refractivity contribution in [3.63, 3.8) is 0 Å². The molecule has 0 N–H and O–H groups in total. The molecule has 0 spiro atoms. The van der Waals surface area contributed by atoms with E-state index in [9.17, 15) is 4.70 Å². The molecule has 1 rings (SSSR count). The van der Waals surface area contributed by atoms with Crippen LogP contribution in [0.2, 0.25) is 18.1 Å². The molecule has 1 saturated heterocycles. The molecule has 0 aliphatic carbocycles. The van der Waals surface area contributed by atoms with Gasteiger partial charge in [0.2, 0.25) is 0 Å². The minimum atomic E-state index is -1.84. The van der Waals surface area contributed by atoms with Crippen LogP contribution < -0.4 is 0 Å². The topological polar surface area (TPSA) is 35.5 Å². The van der Waals surface area contributed by atoms with Gasteiger partial charge in [-0.25, -0.2) is 0 Å². The number of hydrogen-bond acceptors (Lipinski definition) is 3. The van der Waals surface area contributed by atoms with Crippen molar-refractivity contribution in [1.29, 1.82) is 0 Å². The van der Waals surface area contributed by atoms with Crippen molar-refractivity contribution >= 4 is 30.7 Å². The van der Waals surface area contributed by atoms with Crippen LogP contribution in [0.3, 0.4) is 0 Å². The Morgan fingerprint density at radius 1 is 1.33 bits per heavy atom. The molecular weight excluding hydrogens is 333 g/mol. The van der Waals surface area contributed by atoms with Crippen LogP contribution in [0.25, 0.3) is 0 Å². The van der Waals surface area contributed by atoms with Gasteiger partial charge in [-0.1, -0.05) is 0 Å². The zero-order chi connectivity index (χ0) is 18.7. The van der Waals surface area contributed by atoms with Gasteiger partial charge in [0, 0.05) is 0 Å². The molecule has 7 atom stereocenters. The molecule has 0 radical (unpaired) electrons. The predicted molar refractivity (Wildman–Crippen MR) is 111 cm³/mol. The Kier molecular flexibility index (Phi) is 8.38. The summed E-state index contributed by atoms with van der Waals surface area (Å²) >= 11 is 0. The second-order valence-electron chi connectivity index (χ2n) is 8.99. The van der Waals surface area contributed by atoms with Gasteiger partial charge in [-0.2, -0.15) is 0 Å². The third kappa shape index (κ3) is 5.25. The first-order valence-corrected chi connectivity index (χ1v) is 13.7. The van der Waals surface area contributed by atoms with Crippen molar-refractivity contribution < 1.29 is 13.9 Å². The summed E-state index contributed by atoms with van der Waals surface area (Å²) in [6.07, 6.45) is 1.61. The molecule has 0 amide bonds. The summed E-state index contributed by atoms with van der Waals surface area (Å²) in [5.74, 6) is 0.952. The summed E-state index contributed by atoms with van der Waals surface area (Å²) in [4.78, 5) is 0. The maximum absolute atomic E-state index is 10.9. The monoisotopic (exact) mass is 370 g/mol. The van der Waals surface area contributed by atoms with E-state index in [1.54, 1.807) is 0 Å². The zero-order valence-corrected chi connectivity index (χ0v) is 19.2. The molecule has 3 nitrogen and oxygen atoms in total. The molecule has 24 heavy (non-hydrogen) atoms. The third-order valence-electron chi connectivity index (χ3n) is 6.15.